The molecule has 1 heterocycles. The number of hydrogen-bond donors (Lipinski definition) is 2. The zero-order chi connectivity index (χ0) is 13.5. The summed E-state index contributed by atoms with van der Waals surface area (Å²) in [7, 11) is 1.68. The third kappa shape index (κ3) is 4.04. The van der Waals surface area contributed by atoms with Crippen molar-refractivity contribution in [3.63, 3.8) is 0 Å². The maximum atomic E-state index is 12.1. The Morgan fingerprint density at radius 1 is 1.42 bits per heavy atom. The molecule has 1 amide bonds. The van der Waals surface area contributed by atoms with Gasteiger partial charge in [0.25, 0.3) is 0 Å². The zero-order valence-electron chi connectivity index (χ0n) is 11.4. The van der Waals surface area contributed by atoms with Crippen molar-refractivity contribution < 1.29 is 9.53 Å². The first kappa shape index (κ1) is 14.0. The third-order valence-corrected chi connectivity index (χ3v) is 3.54. The summed E-state index contributed by atoms with van der Waals surface area (Å²) in [5, 5.41) is 6.30. The second-order valence-corrected chi connectivity index (χ2v) is 4.96. The fraction of sp³-hybridized carbons (Fsp3) is 0.533. The van der Waals surface area contributed by atoms with Gasteiger partial charge >= 0.3 is 0 Å². The Kier molecular flexibility index (Phi) is 5.36. The van der Waals surface area contributed by atoms with Crippen molar-refractivity contribution in [2.24, 2.45) is 5.92 Å². The standard InChI is InChI=1S/C15H22N2O2/c1-19-11-14-6-3-2-5-12(14)10-17-15(18)13-7-4-8-16-9-13/h2-3,5-6,13,16H,4,7-11H2,1H3,(H,17,18)/t13-/m0/s1. The average molecular weight is 262 g/mol. The Hall–Kier alpha value is -1.39. The van der Waals surface area contributed by atoms with Crippen LogP contribution in [0.4, 0.5) is 0 Å². The zero-order valence-corrected chi connectivity index (χ0v) is 11.4. The largest absolute Gasteiger partial charge is 0.380 e. The molecule has 2 N–H and O–H groups in total. The molecule has 19 heavy (non-hydrogen) atoms. The monoisotopic (exact) mass is 262 g/mol. The maximum Gasteiger partial charge on any atom is 0.224 e. The number of nitrogens with one attached hydrogen (secondary N) is 2. The predicted octanol–water partition coefficient (Wildman–Crippen LogP) is 1.45. The first-order valence-electron chi connectivity index (χ1n) is 6.85. The lowest BCUT2D eigenvalue weighted by Crippen LogP contribution is -2.40. The fourth-order valence-corrected chi connectivity index (χ4v) is 2.43. The molecule has 0 saturated carbocycles. The van der Waals surface area contributed by atoms with Gasteiger partial charge in [0.1, 0.15) is 0 Å². The molecule has 4 nitrogen and oxygen atoms in total. The van der Waals surface area contributed by atoms with Crippen molar-refractivity contribution in [3.8, 4) is 0 Å². The van der Waals surface area contributed by atoms with Gasteiger partial charge in [-0.2, -0.15) is 0 Å². The van der Waals surface area contributed by atoms with Crippen LogP contribution in [0.3, 0.4) is 0 Å². The predicted molar refractivity (Wildman–Crippen MR) is 74.6 cm³/mol. The Morgan fingerprint density at radius 2 is 2.21 bits per heavy atom. The molecule has 1 fully saturated rings. The molecule has 2 rings (SSSR count). The van der Waals surface area contributed by atoms with E-state index in [0.29, 0.717) is 13.2 Å². The molecule has 1 aromatic carbocycles. The van der Waals surface area contributed by atoms with E-state index in [9.17, 15) is 4.79 Å². The Morgan fingerprint density at radius 3 is 2.89 bits per heavy atom. The smallest absolute Gasteiger partial charge is 0.224 e. The second-order valence-electron chi connectivity index (χ2n) is 4.96. The first-order valence-corrected chi connectivity index (χ1v) is 6.85. The van der Waals surface area contributed by atoms with Crippen molar-refractivity contribution in [1.82, 2.24) is 10.6 Å². The van der Waals surface area contributed by atoms with Gasteiger partial charge in [0.15, 0.2) is 0 Å². The highest BCUT2D eigenvalue weighted by atomic mass is 16.5. The van der Waals surface area contributed by atoms with Crippen molar-refractivity contribution in [2.75, 3.05) is 20.2 Å². The number of methoxy groups -OCH3 is 1. The summed E-state index contributed by atoms with van der Waals surface area (Å²) in [6.45, 7) is 2.98. The average Bonchev–Trinajstić information content (AvgIpc) is 2.47. The van der Waals surface area contributed by atoms with Crippen molar-refractivity contribution >= 4 is 5.91 Å². The SMILES string of the molecule is COCc1ccccc1CNC(=O)[C@H]1CCCNC1. The summed E-state index contributed by atoms with van der Waals surface area (Å²) in [5.41, 5.74) is 2.26. The third-order valence-electron chi connectivity index (χ3n) is 3.54. The van der Waals surface area contributed by atoms with Crippen LogP contribution in [0.25, 0.3) is 0 Å². The molecule has 1 aliphatic heterocycles. The van der Waals surface area contributed by atoms with Crippen LogP contribution >= 0.6 is 0 Å². The van der Waals surface area contributed by atoms with Gasteiger partial charge in [-0.25, -0.2) is 0 Å². The van der Waals surface area contributed by atoms with Gasteiger partial charge in [-0.1, -0.05) is 24.3 Å². The van der Waals surface area contributed by atoms with E-state index in [1.165, 1.54) is 0 Å². The van der Waals surface area contributed by atoms with Crippen LogP contribution in [-0.2, 0) is 22.7 Å². The Balaban J connectivity index is 1.89. The number of carbonyl (C=O) groups is 1. The number of ether oxygens (including phenoxy) is 1. The highest BCUT2D eigenvalue weighted by molar-refractivity contribution is 5.79. The van der Waals surface area contributed by atoms with E-state index in [-0.39, 0.29) is 11.8 Å². The topological polar surface area (TPSA) is 50.4 Å². The summed E-state index contributed by atoms with van der Waals surface area (Å²) in [6, 6.07) is 8.05. The highest BCUT2D eigenvalue weighted by Gasteiger charge is 2.20. The number of benzene rings is 1. The minimum atomic E-state index is 0.114. The minimum absolute atomic E-state index is 0.114. The lowest BCUT2D eigenvalue weighted by molar-refractivity contribution is -0.125. The van der Waals surface area contributed by atoms with Crippen molar-refractivity contribution in [2.45, 2.75) is 26.0 Å². The molecule has 1 atom stereocenters. The van der Waals surface area contributed by atoms with Crippen molar-refractivity contribution in [3.05, 3.63) is 35.4 Å². The van der Waals surface area contributed by atoms with Crippen LogP contribution in [0.2, 0.25) is 0 Å². The lowest BCUT2D eigenvalue weighted by atomic mass is 9.98. The maximum absolute atomic E-state index is 12.1. The summed E-state index contributed by atoms with van der Waals surface area (Å²) >= 11 is 0. The van der Waals surface area contributed by atoms with Crippen LogP contribution < -0.4 is 10.6 Å². The Bertz CT molecular complexity index is 414. The molecular weight excluding hydrogens is 240 g/mol. The van der Waals surface area contributed by atoms with Crippen LogP contribution in [0.15, 0.2) is 24.3 Å². The number of rotatable bonds is 5. The van der Waals surface area contributed by atoms with Gasteiger partial charge in [0.2, 0.25) is 5.91 Å². The van der Waals surface area contributed by atoms with Crippen LogP contribution in [0.1, 0.15) is 24.0 Å². The van der Waals surface area contributed by atoms with Gasteiger partial charge in [-0.15, -0.1) is 0 Å². The molecule has 1 saturated heterocycles. The minimum Gasteiger partial charge on any atom is -0.380 e. The highest BCUT2D eigenvalue weighted by Crippen LogP contribution is 2.12. The van der Waals surface area contributed by atoms with Gasteiger partial charge in [-0.3, -0.25) is 4.79 Å². The molecule has 0 spiro atoms. The summed E-state index contributed by atoms with van der Waals surface area (Å²) in [4.78, 5) is 12.1. The van der Waals surface area contributed by atoms with E-state index in [1.807, 2.05) is 24.3 Å². The van der Waals surface area contributed by atoms with Gasteiger partial charge in [0.05, 0.1) is 12.5 Å². The molecule has 0 aliphatic carbocycles. The van der Waals surface area contributed by atoms with Gasteiger partial charge < -0.3 is 15.4 Å². The number of amides is 1. The number of carbonyl (C=O) groups excluding carboxylic acids is 1. The molecule has 0 bridgehead atoms. The lowest BCUT2D eigenvalue weighted by Gasteiger charge is -2.22. The molecule has 0 aromatic heterocycles. The summed E-state index contributed by atoms with van der Waals surface area (Å²) in [5.74, 6) is 0.266. The second kappa shape index (κ2) is 7.26. The van der Waals surface area contributed by atoms with E-state index in [1.54, 1.807) is 7.11 Å². The summed E-state index contributed by atoms with van der Waals surface area (Å²) in [6.07, 6.45) is 2.07. The normalized spacial score (nSPS) is 19.1. The Labute approximate surface area is 114 Å². The molecule has 0 unspecified atom stereocenters. The van der Waals surface area contributed by atoms with E-state index >= 15 is 0 Å². The van der Waals surface area contributed by atoms with Gasteiger partial charge in [0, 0.05) is 20.2 Å². The quantitative estimate of drug-likeness (QED) is 0.844. The number of hydrogen-bond acceptors (Lipinski definition) is 3. The molecule has 104 valence electrons. The van der Waals surface area contributed by atoms with Crippen LogP contribution in [0.5, 0.6) is 0 Å². The summed E-state index contributed by atoms with van der Waals surface area (Å²) < 4.78 is 5.17. The van der Waals surface area contributed by atoms with Crippen LogP contribution in [0, 0.1) is 5.92 Å². The molecular formula is C15H22N2O2. The first-order chi connectivity index (χ1) is 9.31. The van der Waals surface area contributed by atoms with Crippen LogP contribution in [-0.4, -0.2) is 26.1 Å². The number of piperidine rings is 1. The fourth-order valence-electron chi connectivity index (χ4n) is 2.43. The van der Waals surface area contributed by atoms with Gasteiger partial charge in [-0.05, 0) is 30.5 Å². The molecule has 0 radical (unpaired) electrons. The van der Waals surface area contributed by atoms with Crippen molar-refractivity contribution in [1.29, 1.82) is 0 Å². The van der Waals surface area contributed by atoms with E-state index in [4.69, 9.17) is 4.74 Å². The molecule has 4 heteroatoms. The van der Waals surface area contributed by atoms with E-state index < -0.39 is 0 Å². The molecule has 1 aromatic rings. The van der Waals surface area contributed by atoms with E-state index in [0.717, 1.165) is 37.1 Å². The molecule has 1 aliphatic rings. The van der Waals surface area contributed by atoms with E-state index in [2.05, 4.69) is 10.6 Å².